The summed E-state index contributed by atoms with van der Waals surface area (Å²) in [7, 11) is 1.63. The Balaban J connectivity index is 0.00000176. The van der Waals surface area contributed by atoms with Crippen LogP contribution < -0.4 is 15.4 Å². The molecule has 6 nitrogen and oxygen atoms in total. The lowest BCUT2D eigenvalue weighted by molar-refractivity contribution is -0.119. The highest BCUT2D eigenvalue weighted by Gasteiger charge is 2.18. The summed E-state index contributed by atoms with van der Waals surface area (Å²) in [4.78, 5) is 16.4. The monoisotopic (exact) mass is 343 g/mol. The van der Waals surface area contributed by atoms with Crippen LogP contribution in [0.25, 0.3) is 10.2 Å². The molecular formula is C14H18ClN3O3S. The predicted octanol–water partition coefficient (Wildman–Crippen LogP) is 2.04. The summed E-state index contributed by atoms with van der Waals surface area (Å²) >= 11 is 1.44. The molecule has 8 heteroatoms. The molecular weight excluding hydrogens is 326 g/mol. The maximum absolute atomic E-state index is 12.0. The average molecular weight is 344 g/mol. The lowest BCUT2D eigenvalue weighted by atomic mass is 10.2. The molecule has 2 aromatic rings. The first-order valence-electron chi connectivity index (χ1n) is 6.81. The van der Waals surface area contributed by atoms with E-state index in [9.17, 15) is 4.79 Å². The van der Waals surface area contributed by atoms with Crippen LogP contribution in [0.15, 0.2) is 18.2 Å². The van der Waals surface area contributed by atoms with E-state index in [-0.39, 0.29) is 24.4 Å². The van der Waals surface area contributed by atoms with Crippen molar-refractivity contribution in [3.63, 3.8) is 0 Å². The van der Waals surface area contributed by atoms with E-state index in [0.717, 1.165) is 22.5 Å². The molecule has 2 N–H and O–H groups in total. The number of hydrogen-bond acceptors (Lipinski definition) is 6. The number of rotatable bonds is 4. The van der Waals surface area contributed by atoms with Crippen molar-refractivity contribution >= 4 is 45.0 Å². The number of methoxy groups -OCH3 is 1. The molecule has 1 amide bonds. The Labute approximate surface area is 138 Å². The first kappa shape index (κ1) is 17.0. The zero-order valence-corrected chi connectivity index (χ0v) is 13.8. The molecule has 0 radical (unpaired) electrons. The zero-order chi connectivity index (χ0) is 14.7. The van der Waals surface area contributed by atoms with Gasteiger partial charge in [-0.2, -0.15) is 0 Å². The fourth-order valence-electron chi connectivity index (χ4n) is 2.21. The van der Waals surface area contributed by atoms with Crippen LogP contribution in [0.1, 0.15) is 6.42 Å². The van der Waals surface area contributed by atoms with Gasteiger partial charge < -0.3 is 20.1 Å². The van der Waals surface area contributed by atoms with Crippen molar-refractivity contribution in [2.24, 2.45) is 0 Å². The third-order valence-electron chi connectivity index (χ3n) is 3.26. The van der Waals surface area contributed by atoms with Gasteiger partial charge in [-0.3, -0.25) is 4.79 Å². The smallest absolute Gasteiger partial charge is 0.228 e. The predicted molar refractivity (Wildman–Crippen MR) is 89.3 cm³/mol. The molecule has 1 aromatic carbocycles. The van der Waals surface area contributed by atoms with Gasteiger partial charge in [0.05, 0.1) is 36.5 Å². The Bertz CT molecular complexity index is 643. The number of hydrogen-bond donors (Lipinski definition) is 2. The highest BCUT2D eigenvalue weighted by atomic mass is 35.5. The van der Waals surface area contributed by atoms with E-state index in [0.29, 0.717) is 24.7 Å². The number of ether oxygens (including phenoxy) is 2. The molecule has 0 saturated carbocycles. The quantitative estimate of drug-likeness (QED) is 0.889. The molecule has 2 heterocycles. The Kier molecular flexibility index (Phi) is 5.96. The molecule has 0 bridgehead atoms. The SMILES string of the molecule is COc1ccc2nc(NC(=O)CC3CNCCO3)sc2c1.Cl. The highest BCUT2D eigenvalue weighted by molar-refractivity contribution is 7.22. The Morgan fingerprint density at radius 2 is 2.45 bits per heavy atom. The number of fused-ring (bicyclic) bond motifs is 1. The molecule has 1 unspecified atom stereocenters. The number of anilines is 1. The number of carbonyl (C=O) groups excluding carboxylic acids is 1. The normalized spacial score (nSPS) is 17.8. The van der Waals surface area contributed by atoms with Crippen molar-refractivity contribution in [1.82, 2.24) is 10.3 Å². The van der Waals surface area contributed by atoms with E-state index >= 15 is 0 Å². The minimum absolute atomic E-state index is 0. The number of nitrogens with zero attached hydrogens (tertiary/aromatic N) is 1. The van der Waals surface area contributed by atoms with E-state index in [4.69, 9.17) is 9.47 Å². The Morgan fingerprint density at radius 3 is 3.18 bits per heavy atom. The van der Waals surface area contributed by atoms with Crippen LogP contribution in [0.3, 0.4) is 0 Å². The molecule has 1 saturated heterocycles. The largest absolute Gasteiger partial charge is 0.497 e. The molecule has 0 spiro atoms. The number of halogens is 1. The summed E-state index contributed by atoms with van der Waals surface area (Å²) < 4.78 is 11.7. The van der Waals surface area contributed by atoms with Crippen molar-refractivity contribution < 1.29 is 14.3 Å². The summed E-state index contributed by atoms with van der Waals surface area (Å²) in [6.07, 6.45) is 0.278. The molecule has 1 aliphatic rings. The summed E-state index contributed by atoms with van der Waals surface area (Å²) in [5.41, 5.74) is 0.853. The van der Waals surface area contributed by atoms with Crippen LogP contribution in [0, 0.1) is 0 Å². The van der Waals surface area contributed by atoms with Crippen LogP contribution in [0.4, 0.5) is 5.13 Å². The fourth-order valence-corrected chi connectivity index (χ4v) is 3.12. The number of thiazole rings is 1. The second-order valence-electron chi connectivity index (χ2n) is 4.80. The molecule has 0 aliphatic carbocycles. The lowest BCUT2D eigenvalue weighted by Gasteiger charge is -2.22. The van der Waals surface area contributed by atoms with Gasteiger partial charge in [0.15, 0.2) is 5.13 Å². The third kappa shape index (κ3) is 4.07. The molecule has 120 valence electrons. The van der Waals surface area contributed by atoms with Crippen molar-refractivity contribution in [1.29, 1.82) is 0 Å². The van der Waals surface area contributed by atoms with Crippen LogP contribution in [0.5, 0.6) is 5.75 Å². The number of amides is 1. The van der Waals surface area contributed by atoms with Gasteiger partial charge in [0.2, 0.25) is 5.91 Å². The topological polar surface area (TPSA) is 72.5 Å². The van der Waals surface area contributed by atoms with Crippen LogP contribution >= 0.6 is 23.7 Å². The Hall–Kier alpha value is -1.41. The van der Waals surface area contributed by atoms with Crippen molar-refractivity contribution in [2.75, 3.05) is 32.1 Å². The number of carbonyl (C=O) groups is 1. The lowest BCUT2D eigenvalue weighted by Crippen LogP contribution is -2.40. The standard InChI is InChI=1S/C14H17N3O3S.ClH/c1-19-9-2-3-11-12(6-9)21-14(16-11)17-13(18)7-10-8-15-4-5-20-10;/h2-3,6,10,15H,4-5,7-8H2,1H3,(H,16,17,18);1H. The van der Waals surface area contributed by atoms with E-state index < -0.39 is 0 Å². The van der Waals surface area contributed by atoms with Crippen molar-refractivity contribution in [3.05, 3.63) is 18.2 Å². The molecule has 1 fully saturated rings. The summed E-state index contributed by atoms with van der Waals surface area (Å²) in [5.74, 6) is 0.709. The van der Waals surface area contributed by atoms with Gasteiger partial charge in [0.1, 0.15) is 5.75 Å². The van der Waals surface area contributed by atoms with Gasteiger partial charge in [0.25, 0.3) is 0 Å². The number of nitrogens with one attached hydrogen (secondary N) is 2. The highest BCUT2D eigenvalue weighted by Crippen LogP contribution is 2.29. The molecule has 1 aromatic heterocycles. The first-order valence-corrected chi connectivity index (χ1v) is 7.63. The second-order valence-corrected chi connectivity index (χ2v) is 5.83. The summed E-state index contributed by atoms with van der Waals surface area (Å²) in [6, 6.07) is 5.65. The number of morpholine rings is 1. The van der Waals surface area contributed by atoms with Gasteiger partial charge >= 0.3 is 0 Å². The molecule has 22 heavy (non-hydrogen) atoms. The summed E-state index contributed by atoms with van der Waals surface area (Å²) in [5, 5.41) is 6.65. The number of aromatic nitrogens is 1. The summed E-state index contributed by atoms with van der Waals surface area (Å²) in [6.45, 7) is 2.21. The molecule has 3 rings (SSSR count). The first-order chi connectivity index (χ1) is 10.2. The van der Waals surface area contributed by atoms with E-state index in [1.165, 1.54) is 11.3 Å². The van der Waals surface area contributed by atoms with Gasteiger partial charge in [-0.25, -0.2) is 4.98 Å². The minimum Gasteiger partial charge on any atom is -0.497 e. The van der Waals surface area contributed by atoms with Crippen LogP contribution in [0.2, 0.25) is 0 Å². The number of benzene rings is 1. The maximum atomic E-state index is 12.0. The van der Waals surface area contributed by atoms with Crippen molar-refractivity contribution in [3.8, 4) is 5.75 Å². The molecule has 1 atom stereocenters. The Morgan fingerprint density at radius 1 is 1.59 bits per heavy atom. The van der Waals surface area contributed by atoms with Gasteiger partial charge in [-0.15, -0.1) is 12.4 Å². The van der Waals surface area contributed by atoms with E-state index in [1.807, 2.05) is 18.2 Å². The average Bonchev–Trinajstić information content (AvgIpc) is 2.89. The zero-order valence-electron chi connectivity index (χ0n) is 12.1. The van der Waals surface area contributed by atoms with Gasteiger partial charge in [0, 0.05) is 13.1 Å². The van der Waals surface area contributed by atoms with Crippen LogP contribution in [-0.4, -0.2) is 43.8 Å². The van der Waals surface area contributed by atoms with E-state index in [1.54, 1.807) is 7.11 Å². The molecule has 1 aliphatic heterocycles. The second kappa shape index (κ2) is 7.73. The van der Waals surface area contributed by atoms with Crippen molar-refractivity contribution in [2.45, 2.75) is 12.5 Å². The van der Waals surface area contributed by atoms with Crippen LogP contribution in [-0.2, 0) is 9.53 Å². The fraction of sp³-hybridized carbons (Fsp3) is 0.429. The minimum atomic E-state index is -0.0743. The maximum Gasteiger partial charge on any atom is 0.228 e. The van der Waals surface area contributed by atoms with Gasteiger partial charge in [-0.1, -0.05) is 11.3 Å². The van der Waals surface area contributed by atoms with E-state index in [2.05, 4.69) is 15.6 Å². The van der Waals surface area contributed by atoms with Gasteiger partial charge in [-0.05, 0) is 18.2 Å². The third-order valence-corrected chi connectivity index (χ3v) is 4.19.